The number of methoxy groups -OCH3 is 1. The maximum Gasteiger partial charge on any atom is 0.340 e. The van der Waals surface area contributed by atoms with Crippen LogP contribution < -0.4 is 5.56 Å². The van der Waals surface area contributed by atoms with Crippen molar-refractivity contribution in [3.8, 4) is 5.69 Å². The van der Waals surface area contributed by atoms with Crippen LogP contribution in [-0.4, -0.2) is 17.6 Å². The zero-order valence-corrected chi connectivity index (χ0v) is 13.6. The molecule has 0 saturated carbocycles. The van der Waals surface area contributed by atoms with Crippen LogP contribution in [-0.2, 0) is 4.74 Å². The van der Waals surface area contributed by atoms with Gasteiger partial charge in [0.2, 0.25) is 0 Å². The molecule has 4 rings (SSSR count). The van der Waals surface area contributed by atoms with E-state index in [1.54, 1.807) is 30.5 Å². The van der Waals surface area contributed by atoms with E-state index >= 15 is 0 Å². The second-order valence-electron chi connectivity index (χ2n) is 5.75. The summed E-state index contributed by atoms with van der Waals surface area (Å²) in [7, 11) is 1.34. The molecule has 3 aromatic carbocycles. The van der Waals surface area contributed by atoms with Crippen molar-refractivity contribution in [1.29, 1.82) is 0 Å². The molecule has 0 fully saturated rings. The standard InChI is InChI=1S/C21H15NO3/c1-25-21(24)18-13-22(20(23)17-11-5-4-10-16(17)18)19-12-6-8-14-7-2-3-9-15(14)19/h2-13H,1H3. The molecule has 0 N–H and O–H groups in total. The lowest BCUT2D eigenvalue weighted by atomic mass is 10.1. The first kappa shape index (κ1) is 15.1. The highest BCUT2D eigenvalue weighted by Gasteiger charge is 2.16. The second-order valence-corrected chi connectivity index (χ2v) is 5.75. The Kier molecular flexibility index (Phi) is 3.58. The summed E-state index contributed by atoms with van der Waals surface area (Å²) in [6.45, 7) is 0. The number of ether oxygens (including phenoxy) is 1. The molecule has 0 amide bonds. The van der Waals surface area contributed by atoms with Gasteiger partial charge in [-0.25, -0.2) is 4.79 Å². The van der Waals surface area contributed by atoms with E-state index in [4.69, 9.17) is 4.74 Å². The lowest BCUT2D eigenvalue weighted by molar-refractivity contribution is 0.0602. The van der Waals surface area contributed by atoms with Crippen molar-refractivity contribution < 1.29 is 9.53 Å². The van der Waals surface area contributed by atoms with E-state index in [1.165, 1.54) is 11.7 Å². The molecule has 0 spiro atoms. The summed E-state index contributed by atoms with van der Waals surface area (Å²) in [5.41, 5.74) is 0.934. The molecule has 0 atom stereocenters. The first-order valence-corrected chi connectivity index (χ1v) is 7.91. The molecule has 25 heavy (non-hydrogen) atoms. The van der Waals surface area contributed by atoms with Gasteiger partial charge in [0.1, 0.15) is 0 Å². The summed E-state index contributed by atoms with van der Waals surface area (Å²) < 4.78 is 6.43. The Morgan fingerprint density at radius 2 is 1.48 bits per heavy atom. The van der Waals surface area contributed by atoms with Crippen LogP contribution in [0.5, 0.6) is 0 Å². The molecule has 0 unspecified atom stereocenters. The number of esters is 1. The van der Waals surface area contributed by atoms with Gasteiger partial charge in [-0.1, -0.05) is 54.6 Å². The van der Waals surface area contributed by atoms with E-state index in [9.17, 15) is 9.59 Å². The van der Waals surface area contributed by atoms with E-state index in [-0.39, 0.29) is 5.56 Å². The maximum atomic E-state index is 13.0. The second kappa shape index (κ2) is 5.91. The number of hydrogen-bond donors (Lipinski definition) is 0. The van der Waals surface area contributed by atoms with Crippen LogP contribution in [0.15, 0.2) is 77.7 Å². The van der Waals surface area contributed by atoms with Crippen molar-refractivity contribution >= 4 is 27.5 Å². The average Bonchev–Trinajstić information content (AvgIpc) is 2.67. The number of hydrogen-bond acceptors (Lipinski definition) is 3. The molecular weight excluding hydrogens is 314 g/mol. The zero-order valence-electron chi connectivity index (χ0n) is 13.6. The van der Waals surface area contributed by atoms with E-state index < -0.39 is 5.97 Å². The van der Waals surface area contributed by atoms with Crippen molar-refractivity contribution in [2.24, 2.45) is 0 Å². The Labute approximate surface area is 143 Å². The molecule has 1 heterocycles. The lowest BCUT2D eigenvalue weighted by Gasteiger charge is -2.13. The third kappa shape index (κ3) is 2.39. The number of pyridine rings is 1. The van der Waals surface area contributed by atoms with Crippen molar-refractivity contribution in [2.75, 3.05) is 7.11 Å². The summed E-state index contributed by atoms with van der Waals surface area (Å²) in [6.07, 6.45) is 1.57. The van der Waals surface area contributed by atoms with Crippen molar-refractivity contribution in [2.45, 2.75) is 0 Å². The van der Waals surface area contributed by atoms with Crippen LogP contribution in [0.1, 0.15) is 10.4 Å². The number of rotatable bonds is 2. The summed E-state index contributed by atoms with van der Waals surface area (Å²) in [4.78, 5) is 25.3. The van der Waals surface area contributed by atoms with Crippen molar-refractivity contribution in [3.63, 3.8) is 0 Å². The molecule has 0 radical (unpaired) electrons. The van der Waals surface area contributed by atoms with Crippen LogP contribution in [0.3, 0.4) is 0 Å². The monoisotopic (exact) mass is 329 g/mol. The van der Waals surface area contributed by atoms with Crippen molar-refractivity contribution in [1.82, 2.24) is 4.57 Å². The predicted octanol–water partition coefficient (Wildman–Crippen LogP) is 3.93. The highest BCUT2D eigenvalue weighted by atomic mass is 16.5. The van der Waals surface area contributed by atoms with Crippen molar-refractivity contribution in [3.05, 3.63) is 88.8 Å². The van der Waals surface area contributed by atoms with E-state index in [2.05, 4.69) is 0 Å². The summed E-state index contributed by atoms with van der Waals surface area (Å²) in [5, 5.41) is 3.05. The minimum Gasteiger partial charge on any atom is -0.465 e. The van der Waals surface area contributed by atoms with Crippen LogP contribution in [0.2, 0.25) is 0 Å². The fraction of sp³-hybridized carbons (Fsp3) is 0.0476. The highest BCUT2D eigenvalue weighted by molar-refractivity contribution is 6.04. The fourth-order valence-electron chi connectivity index (χ4n) is 3.16. The molecule has 0 aliphatic carbocycles. The average molecular weight is 329 g/mol. The van der Waals surface area contributed by atoms with Crippen LogP contribution >= 0.6 is 0 Å². The number of aromatic nitrogens is 1. The molecule has 122 valence electrons. The van der Waals surface area contributed by atoms with Gasteiger partial charge in [-0.15, -0.1) is 0 Å². The molecule has 4 nitrogen and oxygen atoms in total. The summed E-state index contributed by atoms with van der Waals surface area (Å²) >= 11 is 0. The summed E-state index contributed by atoms with van der Waals surface area (Å²) in [5.74, 6) is -0.467. The lowest BCUT2D eigenvalue weighted by Crippen LogP contribution is -2.21. The topological polar surface area (TPSA) is 48.3 Å². The van der Waals surface area contributed by atoms with E-state index in [1.807, 2.05) is 42.5 Å². The van der Waals surface area contributed by atoms with Crippen LogP contribution in [0.25, 0.3) is 27.2 Å². The van der Waals surface area contributed by atoms with E-state index in [0.717, 1.165) is 16.5 Å². The first-order chi connectivity index (χ1) is 12.2. The Balaban J connectivity index is 2.13. The third-order valence-electron chi connectivity index (χ3n) is 4.36. The van der Waals surface area contributed by atoms with Gasteiger partial charge >= 0.3 is 5.97 Å². The van der Waals surface area contributed by atoms with Gasteiger partial charge in [0, 0.05) is 22.4 Å². The molecular formula is C21H15NO3. The van der Waals surface area contributed by atoms with Gasteiger partial charge in [0.15, 0.2) is 0 Å². The predicted molar refractivity (Wildman–Crippen MR) is 98.4 cm³/mol. The van der Waals surface area contributed by atoms with Gasteiger partial charge < -0.3 is 4.74 Å². The number of nitrogens with zero attached hydrogens (tertiary/aromatic N) is 1. The molecule has 1 aromatic heterocycles. The summed E-state index contributed by atoms with van der Waals surface area (Å²) in [6, 6.07) is 20.7. The molecule has 4 heteroatoms. The Morgan fingerprint density at radius 1 is 0.840 bits per heavy atom. The molecule has 0 saturated heterocycles. The Hall–Kier alpha value is -3.40. The van der Waals surface area contributed by atoms with Crippen LogP contribution in [0.4, 0.5) is 0 Å². The molecule has 0 aliphatic heterocycles. The third-order valence-corrected chi connectivity index (χ3v) is 4.36. The number of carbonyl (C=O) groups excluding carboxylic acids is 1. The van der Waals surface area contributed by atoms with Gasteiger partial charge in [-0.05, 0) is 17.5 Å². The maximum absolute atomic E-state index is 13.0. The first-order valence-electron chi connectivity index (χ1n) is 7.91. The largest absolute Gasteiger partial charge is 0.465 e. The number of carbonyl (C=O) groups is 1. The highest BCUT2D eigenvalue weighted by Crippen LogP contribution is 2.24. The van der Waals surface area contributed by atoms with Gasteiger partial charge in [-0.3, -0.25) is 9.36 Å². The van der Waals surface area contributed by atoms with Gasteiger partial charge in [-0.2, -0.15) is 0 Å². The minimum absolute atomic E-state index is 0.167. The molecule has 4 aromatic rings. The SMILES string of the molecule is COC(=O)c1cn(-c2cccc3ccccc23)c(=O)c2ccccc12. The molecule has 0 bridgehead atoms. The van der Waals surface area contributed by atoms with Gasteiger partial charge in [0.05, 0.1) is 18.4 Å². The Morgan fingerprint density at radius 3 is 2.24 bits per heavy atom. The fourth-order valence-corrected chi connectivity index (χ4v) is 3.16. The van der Waals surface area contributed by atoms with Crippen LogP contribution in [0, 0.1) is 0 Å². The normalized spacial score (nSPS) is 10.9. The smallest absolute Gasteiger partial charge is 0.340 e. The quantitative estimate of drug-likeness (QED) is 0.524. The minimum atomic E-state index is -0.467. The number of fused-ring (bicyclic) bond motifs is 2. The molecule has 0 aliphatic rings. The Bertz CT molecular complexity index is 1170. The van der Waals surface area contributed by atoms with Gasteiger partial charge in [0.25, 0.3) is 5.56 Å². The zero-order chi connectivity index (χ0) is 17.4. The van der Waals surface area contributed by atoms with E-state index in [0.29, 0.717) is 16.3 Å². The number of benzene rings is 3.